The molecule has 1 saturated carbocycles. The van der Waals surface area contributed by atoms with Crippen molar-refractivity contribution in [1.29, 1.82) is 0 Å². The van der Waals surface area contributed by atoms with Crippen LogP contribution in [0.3, 0.4) is 0 Å². The van der Waals surface area contributed by atoms with Crippen LogP contribution in [0.5, 0.6) is 0 Å². The van der Waals surface area contributed by atoms with E-state index in [2.05, 4.69) is 40.1 Å². The molecule has 2 amide bonds. The fourth-order valence-electron chi connectivity index (χ4n) is 2.12. The number of hydrogen-bond donors (Lipinski definition) is 3. The molecule has 0 atom stereocenters. The molecule has 0 aliphatic heterocycles. The van der Waals surface area contributed by atoms with E-state index in [-0.39, 0.29) is 17.6 Å². The number of rotatable bonds is 3. The number of carbonyl (C=O) groups is 2. The van der Waals surface area contributed by atoms with Crippen molar-refractivity contribution in [1.82, 2.24) is 5.32 Å². The number of hydrogen-bond acceptors (Lipinski definition) is 2. The number of anilines is 1. The Hall–Kier alpha value is -1.31. The fraction of sp³-hybridized carbons (Fsp3) is 0.385. The maximum Gasteiger partial charge on any atom is 0.335 e. The molecular formula is C13H15IN2O3. The molecule has 1 aromatic carbocycles. The first-order valence-electron chi connectivity index (χ1n) is 6.06. The Balaban J connectivity index is 1.99. The van der Waals surface area contributed by atoms with Crippen LogP contribution in [0.1, 0.15) is 30.1 Å². The van der Waals surface area contributed by atoms with E-state index in [1.165, 1.54) is 12.1 Å². The Kier molecular flexibility index (Phi) is 4.28. The van der Waals surface area contributed by atoms with Gasteiger partial charge >= 0.3 is 12.0 Å². The molecule has 6 heteroatoms. The SMILES string of the molecule is CC1CC(NC(=O)Nc2cc(C(=O)O)ccc2I)C1. The van der Waals surface area contributed by atoms with Crippen LogP contribution in [0.4, 0.5) is 10.5 Å². The maximum atomic E-state index is 11.8. The van der Waals surface area contributed by atoms with Crippen molar-refractivity contribution in [2.45, 2.75) is 25.8 Å². The molecule has 0 spiro atoms. The number of nitrogens with one attached hydrogen (secondary N) is 2. The van der Waals surface area contributed by atoms with Gasteiger partial charge in [0.25, 0.3) is 0 Å². The Morgan fingerprint density at radius 2 is 2.05 bits per heavy atom. The summed E-state index contributed by atoms with van der Waals surface area (Å²) in [6.45, 7) is 2.15. The molecule has 5 nitrogen and oxygen atoms in total. The number of halogens is 1. The van der Waals surface area contributed by atoms with E-state index in [0.717, 1.165) is 16.4 Å². The van der Waals surface area contributed by atoms with Gasteiger partial charge in [0.15, 0.2) is 0 Å². The number of carbonyl (C=O) groups excluding carboxylic acids is 1. The van der Waals surface area contributed by atoms with E-state index >= 15 is 0 Å². The summed E-state index contributed by atoms with van der Waals surface area (Å²) in [7, 11) is 0. The second kappa shape index (κ2) is 5.77. The van der Waals surface area contributed by atoms with Gasteiger partial charge in [0, 0.05) is 9.61 Å². The van der Waals surface area contributed by atoms with Gasteiger partial charge in [0.05, 0.1) is 11.3 Å². The molecule has 0 heterocycles. The number of carboxylic acids is 1. The van der Waals surface area contributed by atoms with Crippen LogP contribution in [0.2, 0.25) is 0 Å². The maximum absolute atomic E-state index is 11.8. The van der Waals surface area contributed by atoms with Crippen molar-refractivity contribution in [2.75, 3.05) is 5.32 Å². The first-order chi connectivity index (χ1) is 8.95. The van der Waals surface area contributed by atoms with Crippen LogP contribution in [0, 0.1) is 9.49 Å². The average Bonchev–Trinajstić information content (AvgIpc) is 2.29. The van der Waals surface area contributed by atoms with Crippen LogP contribution in [-0.2, 0) is 0 Å². The molecular weight excluding hydrogens is 359 g/mol. The van der Waals surface area contributed by atoms with Crippen molar-refractivity contribution in [3.05, 3.63) is 27.3 Å². The van der Waals surface area contributed by atoms with E-state index in [1.54, 1.807) is 6.07 Å². The van der Waals surface area contributed by atoms with Gasteiger partial charge in [-0.3, -0.25) is 0 Å². The molecule has 1 aliphatic carbocycles. The summed E-state index contributed by atoms with van der Waals surface area (Å²) in [6, 6.07) is 4.60. The lowest BCUT2D eigenvalue weighted by atomic mass is 9.82. The quantitative estimate of drug-likeness (QED) is 0.712. The minimum Gasteiger partial charge on any atom is -0.478 e. The van der Waals surface area contributed by atoms with E-state index < -0.39 is 5.97 Å². The fourth-order valence-corrected chi connectivity index (χ4v) is 2.59. The molecule has 0 bridgehead atoms. The van der Waals surface area contributed by atoms with E-state index in [9.17, 15) is 9.59 Å². The minimum atomic E-state index is -1.01. The third-order valence-corrected chi connectivity index (χ3v) is 4.11. The molecule has 1 aliphatic rings. The Morgan fingerprint density at radius 3 is 2.63 bits per heavy atom. The predicted octanol–water partition coefficient (Wildman–Crippen LogP) is 2.91. The third kappa shape index (κ3) is 3.59. The highest BCUT2D eigenvalue weighted by Gasteiger charge is 2.26. The molecule has 1 aromatic rings. The second-order valence-electron chi connectivity index (χ2n) is 4.87. The van der Waals surface area contributed by atoms with Crippen molar-refractivity contribution in [3.8, 4) is 0 Å². The largest absolute Gasteiger partial charge is 0.478 e. The van der Waals surface area contributed by atoms with Gasteiger partial charge in [0.2, 0.25) is 0 Å². The van der Waals surface area contributed by atoms with Gasteiger partial charge in [0.1, 0.15) is 0 Å². The lowest BCUT2D eigenvalue weighted by Crippen LogP contribution is -2.45. The average molecular weight is 374 g/mol. The Labute approximate surface area is 124 Å². The summed E-state index contributed by atoms with van der Waals surface area (Å²) >= 11 is 2.06. The zero-order valence-corrected chi connectivity index (χ0v) is 12.6. The molecule has 1 fully saturated rings. The number of aromatic carboxylic acids is 1. The molecule has 3 N–H and O–H groups in total. The van der Waals surface area contributed by atoms with E-state index in [0.29, 0.717) is 11.6 Å². The number of amides is 2. The van der Waals surface area contributed by atoms with Crippen LogP contribution >= 0.6 is 22.6 Å². The number of benzene rings is 1. The smallest absolute Gasteiger partial charge is 0.335 e. The van der Waals surface area contributed by atoms with Gasteiger partial charge in [-0.15, -0.1) is 0 Å². The Bertz CT molecular complexity index is 513. The molecule has 102 valence electrons. The summed E-state index contributed by atoms with van der Waals surface area (Å²) in [5.74, 6) is -0.339. The van der Waals surface area contributed by atoms with Gasteiger partial charge in [-0.05, 0) is 59.5 Å². The zero-order valence-electron chi connectivity index (χ0n) is 10.4. The highest BCUT2D eigenvalue weighted by Crippen LogP contribution is 2.26. The molecule has 0 unspecified atom stereocenters. The molecule has 19 heavy (non-hydrogen) atoms. The summed E-state index contributed by atoms with van der Waals surface area (Å²) in [6.07, 6.45) is 2.00. The molecule has 0 saturated heterocycles. The van der Waals surface area contributed by atoms with Gasteiger partial charge in [-0.25, -0.2) is 9.59 Å². The minimum absolute atomic E-state index is 0.160. The zero-order chi connectivity index (χ0) is 14.0. The third-order valence-electron chi connectivity index (χ3n) is 3.17. The highest BCUT2D eigenvalue weighted by atomic mass is 127. The number of urea groups is 1. The number of carboxylic acid groups (broad SMARTS) is 1. The Morgan fingerprint density at radius 1 is 1.37 bits per heavy atom. The second-order valence-corrected chi connectivity index (χ2v) is 6.03. The van der Waals surface area contributed by atoms with Crippen molar-refractivity contribution < 1.29 is 14.7 Å². The topological polar surface area (TPSA) is 78.4 Å². The van der Waals surface area contributed by atoms with Crippen LogP contribution in [0.15, 0.2) is 18.2 Å². The van der Waals surface area contributed by atoms with Gasteiger partial charge in [-0.2, -0.15) is 0 Å². The predicted molar refractivity (Wildman–Crippen MR) is 80.5 cm³/mol. The lowest BCUT2D eigenvalue weighted by molar-refractivity contribution is 0.0697. The first-order valence-corrected chi connectivity index (χ1v) is 7.14. The lowest BCUT2D eigenvalue weighted by Gasteiger charge is -2.33. The van der Waals surface area contributed by atoms with Gasteiger partial charge in [-0.1, -0.05) is 6.92 Å². The standard InChI is InChI=1S/C13H15IN2O3/c1-7-4-9(5-7)15-13(19)16-11-6-8(12(17)18)2-3-10(11)14/h2-3,6-7,9H,4-5H2,1H3,(H,17,18)(H2,15,16,19). The van der Waals surface area contributed by atoms with E-state index in [4.69, 9.17) is 5.11 Å². The van der Waals surface area contributed by atoms with Crippen molar-refractivity contribution in [2.24, 2.45) is 5.92 Å². The molecule has 0 aromatic heterocycles. The summed E-state index contributed by atoms with van der Waals surface area (Å²) in [5.41, 5.74) is 0.679. The normalized spacial score (nSPS) is 21.4. The summed E-state index contributed by atoms with van der Waals surface area (Å²) in [5, 5.41) is 14.5. The molecule has 2 rings (SSSR count). The summed E-state index contributed by atoms with van der Waals surface area (Å²) in [4.78, 5) is 22.7. The van der Waals surface area contributed by atoms with Crippen molar-refractivity contribution >= 4 is 40.3 Å². The summed E-state index contributed by atoms with van der Waals surface area (Å²) < 4.78 is 0.805. The van der Waals surface area contributed by atoms with Crippen LogP contribution in [-0.4, -0.2) is 23.1 Å². The van der Waals surface area contributed by atoms with E-state index in [1.807, 2.05) is 0 Å². The van der Waals surface area contributed by atoms with Crippen LogP contribution < -0.4 is 10.6 Å². The monoisotopic (exact) mass is 374 g/mol. The highest BCUT2D eigenvalue weighted by molar-refractivity contribution is 14.1. The van der Waals surface area contributed by atoms with Crippen LogP contribution in [0.25, 0.3) is 0 Å². The van der Waals surface area contributed by atoms with Crippen molar-refractivity contribution in [3.63, 3.8) is 0 Å². The molecule has 0 radical (unpaired) electrons. The first kappa shape index (κ1) is 14.1. The van der Waals surface area contributed by atoms with Gasteiger partial charge < -0.3 is 15.7 Å².